The summed E-state index contributed by atoms with van der Waals surface area (Å²) in [6, 6.07) is 8.36. The van der Waals surface area contributed by atoms with Gasteiger partial charge < -0.3 is 14.6 Å². The quantitative estimate of drug-likeness (QED) is 0.595. The first-order valence-corrected chi connectivity index (χ1v) is 7.56. The Labute approximate surface area is 120 Å². The fraction of sp³-hybridized carbons (Fsp3) is 0.385. The van der Waals surface area contributed by atoms with Gasteiger partial charge in [0.25, 0.3) is 11.8 Å². The number of β-lactam (4-membered cyclic amide) rings is 1. The average molecular weight is 296 g/mol. The first-order chi connectivity index (χ1) is 9.61. The summed E-state index contributed by atoms with van der Waals surface area (Å²) in [7, 11) is 0. The minimum atomic E-state index is -1.28. The number of amides is 2. The highest BCUT2D eigenvalue weighted by molar-refractivity contribution is 7.89. The van der Waals surface area contributed by atoms with E-state index < -0.39 is 17.4 Å². The molecule has 0 aromatic heterocycles. The third-order valence-corrected chi connectivity index (χ3v) is 4.15. The molecule has 1 unspecified atom stereocenters. The van der Waals surface area contributed by atoms with Crippen LogP contribution in [-0.4, -0.2) is 45.6 Å². The Morgan fingerprint density at radius 1 is 1.50 bits per heavy atom. The van der Waals surface area contributed by atoms with Gasteiger partial charge in [0.15, 0.2) is 6.61 Å². The summed E-state index contributed by atoms with van der Waals surface area (Å²) < 4.78 is 17.9. The van der Waals surface area contributed by atoms with Gasteiger partial charge in [0.1, 0.15) is 17.5 Å². The van der Waals surface area contributed by atoms with Gasteiger partial charge in [-0.1, -0.05) is 18.2 Å². The van der Waals surface area contributed by atoms with Crippen LogP contribution >= 0.6 is 0 Å². The van der Waals surface area contributed by atoms with E-state index in [0.29, 0.717) is 11.5 Å². The minimum Gasteiger partial charge on any atom is -0.593 e. The lowest BCUT2D eigenvalue weighted by molar-refractivity contribution is -0.140. The summed E-state index contributed by atoms with van der Waals surface area (Å²) in [6.07, 6.45) is 0. The zero-order valence-electron chi connectivity index (χ0n) is 11.1. The van der Waals surface area contributed by atoms with E-state index >= 15 is 0 Å². The number of carbonyl (C=O) groups is 2. The van der Waals surface area contributed by atoms with Gasteiger partial charge in [-0.3, -0.25) is 9.59 Å². The van der Waals surface area contributed by atoms with Gasteiger partial charge >= 0.3 is 0 Å². The molecule has 1 heterocycles. The second kappa shape index (κ2) is 6.62. The molecule has 108 valence electrons. The van der Waals surface area contributed by atoms with E-state index in [1.807, 2.05) is 6.07 Å². The summed E-state index contributed by atoms with van der Waals surface area (Å²) in [4.78, 5) is 23.3. The highest BCUT2D eigenvalue weighted by Crippen LogP contribution is 2.16. The lowest BCUT2D eigenvalue weighted by atomic mass is 10.1. The molecule has 0 bridgehead atoms. The van der Waals surface area contributed by atoms with Gasteiger partial charge in [-0.15, -0.1) is 0 Å². The molecule has 0 radical (unpaired) electrons. The first kappa shape index (κ1) is 14.7. The van der Waals surface area contributed by atoms with Gasteiger partial charge in [-0.05, 0) is 19.1 Å². The third-order valence-electron chi connectivity index (χ3n) is 2.83. The minimum absolute atomic E-state index is 0.148. The second-order valence-electron chi connectivity index (χ2n) is 4.23. The van der Waals surface area contributed by atoms with Crippen LogP contribution in [0.2, 0.25) is 0 Å². The van der Waals surface area contributed by atoms with Crippen LogP contribution in [-0.2, 0) is 21.0 Å². The molecule has 6 nitrogen and oxygen atoms in total. The molecule has 1 aliphatic heterocycles. The Hall–Kier alpha value is -1.73. The largest absolute Gasteiger partial charge is 0.593 e. The molecule has 20 heavy (non-hydrogen) atoms. The van der Waals surface area contributed by atoms with Crippen LogP contribution in [0.3, 0.4) is 0 Å². The van der Waals surface area contributed by atoms with Gasteiger partial charge in [0.2, 0.25) is 0 Å². The zero-order chi connectivity index (χ0) is 14.5. The van der Waals surface area contributed by atoms with Crippen molar-refractivity contribution in [2.75, 3.05) is 18.9 Å². The van der Waals surface area contributed by atoms with Crippen molar-refractivity contribution in [1.82, 2.24) is 9.62 Å². The monoisotopic (exact) mass is 296 g/mol. The van der Waals surface area contributed by atoms with Crippen molar-refractivity contribution in [3.63, 3.8) is 0 Å². The lowest BCUT2D eigenvalue weighted by Crippen LogP contribution is -2.65. The maximum absolute atomic E-state index is 11.6. The number of hydrogen-bond acceptors (Lipinski definition) is 4. The SMILES string of the molecule is CC[S@@+]([O-])N1CC(NC(=O)COc2ccccc2)C1=O. The number of ether oxygens (including phenoxy) is 1. The fourth-order valence-electron chi connectivity index (χ4n) is 1.74. The van der Waals surface area contributed by atoms with Crippen molar-refractivity contribution in [2.45, 2.75) is 13.0 Å². The van der Waals surface area contributed by atoms with Crippen molar-refractivity contribution in [2.24, 2.45) is 0 Å². The van der Waals surface area contributed by atoms with E-state index in [4.69, 9.17) is 4.74 Å². The number of benzene rings is 1. The normalized spacial score (nSPS) is 19.2. The topological polar surface area (TPSA) is 81.7 Å². The predicted molar refractivity (Wildman–Crippen MR) is 74.3 cm³/mol. The Balaban J connectivity index is 1.73. The van der Waals surface area contributed by atoms with Crippen LogP contribution in [0.5, 0.6) is 5.75 Å². The number of rotatable bonds is 6. The van der Waals surface area contributed by atoms with Gasteiger partial charge in [0, 0.05) is 0 Å². The molecular formula is C13H16N2O4S. The smallest absolute Gasteiger partial charge is 0.288 e. The second-order valence-corrected chi connectivity index (χ2v) is 5.89. The summed E-state index contributed by atoms with van der Waals surface area (Å²) in [5.41, 5.74) is 0. The van der Waals surface area contributed by atoms with Gasteiger partial charge in [-0.25, -0.2) is 0 Å². The lowest BCUT2D eigenvalue weighted by Gasteiger charge is -2.36. The Bertz CT molecular complexity index is 483. The van der Waals surface area contributed by atoms with E-state index in [1.54, 1.807) is 31.2 Å². The molecule has 1 fully saturated rings. The predicted octanol–water partition coefficient (Wildman–Crippen LogP) is 0.0760. The molecule has 1 saturated heterocycles. The molecule has 1 N–H and O–H groups in total. The molecule has 1 aliphatic rings. The van der Waals surface area contributed by atoms with Crippen LogP contribution in [0.25, 0.3) is 0 Å². The van der Waals surface area contributed by atoms with E-state index in [9.17, 15) is 14.1 Å². The number of para-hydroxylation sites is 1. The zero-order valence-corrected chi connectivity index (χ0v) is 11.9. The van der Waals surface area contributed by atoms with Crippen molar-refractivity contribution in [1.29, 1.82) is 0 Å². The van der Waals surface area contributed by atoms with Crippen LogP contribution < -0.4 is 10.1 Å². The standard InChI is InChI=1S/C13H16N2O4S/c1-2-20(18)15-8-11(13(15)17)14-12(16)9-19-10-6-4-3-5-7-10/h3-7,11H,2,8-9H2,1H3,(H,14,16)/t11?,20-/m1/s1. The highest BCUT2D eigenvalue weighted by atomic mass is 32.2. The molecule has 7 heteroatoms. The molecule has 2 atom stereocenters. The molecular weight excluding hydrogens is 280 g/mol. The van der Waals surface area contributed by atoms with Crippen LogP contribution in [0.4, 0.5) is 0 Å². The summed E-state index contributed by atoms with van der Waals surface area (Å²) >= 11 is -1.28. The molecule has 1 aromatic rings. The Morgan fingerprint density at radius 2 is 2.20 bits per heavy atom. The molecule has 0 saturated carbocycles. The summed E-state index contributed by atoms with van der Waals surface area (Å²) in [5.74, 6) is 0.312. The van der Waals surface area contributed by atoms with Crippen LogP contribution in [0.15, 0.2) is 30.3 Å². The molecule has 2 rings (SSSR count). The molecule has 1 aromatic carbocycles. The average Bonchev–Trinajstić information content (AvgIpc) is 2.49. The van der Waals surface area contributed by atoms with Gasteiger partial charge in [-0.2, -0.15) is 4.31 Å². The van der Waals surface area contributed by atoms with Crippen LogP contribution in [0.1, 0.15) is 6.92 Å². The van der Waals surface area contributed by atoms with E-state index in [1.165, 1.54) is 4.31 Å². The van der Waals surface area contributed by atoms with Gasteiger partial charge in [0.05, 0.1) is 17.9 Å². The number of nitrogens with one attached hydrogen (secondary N) is 1. The Kier molecular flexibility index (Phi) is 4.86. The third kappa shape index (κ3) is 3.43. The Morgan fingerprint density at radius 3 is 2.80 bits per heavy atom. The van der Waals surface area contributed by atoms with E-state index in [-0.39, 0.29) is 25.0 Å². The maximum atomic E-state index is 11.6. The summed E-state index contributed by atoms with van der Waals surface area (Å²) in [6.45, 7) is 1.88. The fourth-order valence-corrected chi connectivity index (χ4v) is 2.70. The molecule has 0 spiro atoms. The van der Waals surface area contributed by atoms with Crippen molar-refractivity contribution >= 4 is 23.2 Å². The van der Waals surface area contributed by atoms with Crippen molar-refractivity contribution in [3.8, 4) is 5.75 Å². The maximum Gasteiger partial charge on any atom is 0.288 e. The first-order valence-electron chi connectivity index (χ1n) is 6.29. The van der Waals surface area contributed by atoms with E-state index in [2.05, 4.69) is 5.32 Å². The van der Waals surface area contributed by atoms with E-state index in [0.717, 1.165) is 0 Å². The molecule has 0 aliphatic carbocycles. The molecule has 2 amide bonds. The highest BCUT2D eigenvalue weighted by Gasteiger charge is 2.44. The summed E-state index contributed by atoms with van der Waals surface area (Å²) in [5, 5.41) is 2.56. The van der Waals surface area contributed by atoms with Crippen molar-refractivity contribution < 1.29 is 18.9 Å². The number of carbonyl (C=O) groups excluding carboxylic acids is 2. The van der Waals surface area contributed by atoms with Crippen molar-refractivity contribution in [3.05, 3.63) is 30.3 Å². The van der Waals surface area contributed by atoms with Crippen LogP contribution in [0, 0.1) is 0 Å². The number of nitrogens with zero attached hydrogens (tertiary/aromatic N) is 1. The number of hydrogen-bond donors (Lipinski definition) is 1.